The van der Waals surface area contributed by atoms with Gasteiger partial charge in [-0.3, -0.25) is 0 Å². The second-order valence-electron chi connectivity index (χ2n) is 15.2. The van der Waals surface area contributed by atoms with Gasteiger partial charge in [-0.25, -0.2) is 0 Å². The van der Waals surface area contributed by atoms with Crippen molar-refractivity contribution in [1.82, 2.24) is 0 Å². The Morgan fingerprint density at radius 1 is 0.848 bits per heavy atom. The van der Waals surface area contributed by atoms with Crippen LogP contribution in [0, 0.1) is 50.2 Å². The first-order valence-corrected chi connectivity index (χ1v) is 13.9. The molecule has 2 unspecified atom stereocenters. The van der Waals surface area contributed by atoms with Crippen LogP contribution >= 0.6 is 0 Å². The fourth-order valence-corrected chi connectivity index (χ4v) is 10.7. The lowest BCUT2D eigenvalue weighted by atomic mass is 9.33. The summed E-state index contributed by atoms with van der Waals surface area (Å²) >= 11 is 0. The van der Waals surface area contributed by atoms with E-state index in [4.69, 9.17) is 0 Å². The van der Waals surface area contributed by atoms with Crippen molar-refractivity contribution in [3.63, 3.8) is 0 Å². The molecule has 0 radical (unpaired) electrons. The molecule has 0 spiro atoms. The number of aliphatic hydroxyl groups excluding tert-OH is 3. The van der Waals surface area contributed by atoms with Crippen molar-refractivity contribution in [2.24, 2.45) is 50.2 Å². The van der Waals surface area contributed by atoms with Gasteiger partial charge in [0.2, 0.25) is 0 Å². The van der Waals surface area contributed by atoms with Crippen LogP contribution in [0.2, 0.25) is 0 Å². The van der Waals surface area contributed by atoms with Crippen molar-refractivity contribution in [3.8, 4) is 0 Å². The molecular weight excluding hydrogens is 408 g/mol. The van der Waals surface area contributed by atoms with Crippen molar-refractivity contribution < 1.29 is 15.3 Å². The monoisotopic (exact) mass is 458 g/mol. The Morgan fingerprint density at radius 3 is 2.18 bits per heavy atom. The minimum atomic E-state index is -0.415. The van der Waals surface area contributed by atoms with Gasteiger partial charge in [-0.2, -0.15) is 0 Å². The van der Waals surface area contributed by atoms with Gasteiger partial charge in [0.05, 0.1) is 12.2 Å². The highest BCUT2D eigenvalue weighted by atomic mass is 16.3. The lowest BCUT2D eigenvalue weighted by Crippen LogP contribution is -2.67. The maximum atomic E-state index is 11.9. The first kappa shape index (κ1) is 24.3. The molecule has 0 aliphatic heterocycles. The van der Waals surface area contributed by atoms with Crippen molar-refractivity contribution in [2.75, 3.05) is 6.61 Å². The molecule has 0 heterocycles. The van der Waals surface area contributed by atoms with Crippen LogP contribution in [-0.2, 0) is 0 Å². The van der Waals surface area contributed by atoms with Gasteiger partial charge in [-0.05, 0) is 102 Å². The van der Waals surface area contributed by atoms with E-state index in [1.807, 2.05) is 0 Å². The highest BCUT2D eigenvalue weighted by Gasteiger charge is 2.69. The van der Waals surface area contributed by atoms with Crippen LogP contribution in [0.5, 0.6) is 0 Å². The first-order valence-electron chi connectivity index (χ1n) is 13.9. The fraction of sp³-hybridized carbons (Fsp3) is 0.933. The molecule has 0 saturated heterocycles. The van der Waals surface area contributed by atoms with E-state index in [0.29, 0.717) is 17.3 Å². The molecule has 0 aromatic heterocycles. The molecule has 5 aliphatic rings. The van der Waals surface area contributed by atoms with Crippen molar-refractivity contribution in [3.05, 3.63) is 11.6 Å². The average molecular weight is 459 g/mol. The highest BCUT2D eigenvalue weighted by Crippen LogP contribution is 2.75. The maximum Gasteiger partial charge on any atom is 0.0762 e. The van der Waals surface area contributed by atoms with Crippen LogP contribution in [0.4, 0.5) is 0 Å². The Hall–Kier alpha value is -0.380. The first-order chi connectivity index (χ1) is 15.2. The number of aliphatic hydroxyl groups is 3. The summed E-state index contributed by atoms with van der Waals surface area (Å²) in [5.74, 6) is 1.15. The molecule has 5 rings (SSSR count). The predicted molar refractivity (Wildman–Crippen MR) is 134 cm³/mol. The summed E-state index contributed by atoms with van der Waals surface area (Å²) in [6, 6.07) is 0. The third kappa shape index (κ3) is 2.97. The van der Waals surface area contributed by atoms with Crippen LogP contribution in [0.1, 0.15) is 106 Å². The van der Waals surface area contributed by atoms with E-state index in [1.54, 1.807) is 0 Å². The summed E-state index contributed by atoms with van der Waals surface area (Å²) in [7, 11) is 0. The van der Waals surface area contributed by atoms with E-state index in [0.717, 1.165) is 38.5 Å². The lowest BCUT2D eigenvalue weighted by molar-refractivity contribution is -0.224. The Balaban J connectivity index is 1.61. The van der Waals surface area contributed by atoms with Crippen LogP contribution < -0.4 is 0 Å². The molecule has 5 aliphatic carbocycles. The largest absolute Gasteiger partial charge is 0.396 e. The molecule has 0 aromatic carbocycles. The number of rotatable bonds is 1. The number of hydrogen-bond donors (Lipinski definition) is 3. The quantitative estimate of drug-likeness (QED) is 0.415. The van der Waals surface area contributed by atoms with Gasteiger partial charge in [0.15, 0.2) is 0 Å². The van der Waals surface area contributed by atoms with Crippen LogP contribution in [0.25, 0.3) is 0 Å². The van der Waals surface area contributed by atoms with Gasteiger partial charge in [0, 0.05) is 12.5 Å². The van der Waals surface area contributed by atoms with E-state index in [1.165, 1.54) is 24.8 Å². The summed E-state index contributed by atoms with van der Waals surface area (Å²) in [4.78, 5) is 0. The van der Waals surface area contributed by atoms with E-state index in [9.17, 15) is 15.3 Å². The molecule has 10 atom stereocenters. The van der Waals surface area contributed by atoms with Gasteiger partial charge >= 0.3 is 0 Å². The van der Waals surface area contributed by atoms with Gasteiger partial charge in [-0.1, -0.05) is 60.1 Å². The molecule has 0 aromatic rings. The van der Waals surface area contributed by atoms with Gasteiger partial charge in [0.25, 0.3) is 0 Å². The Kier molecular flexibility index (Phi) is 5.23. The second-order valence-corrected chi connectivity index (χ2v) is 15.2. The molecule has 4 saturated carbocycles. The predicted octanol–water partition coefficient (Wildman–Crippen LogP) is 6.11. The van der Waals surface area contributed by atoms with Crippen molar-refractivity contribution in [2.45, 2.75) is 118 Å². The summed E-state index contributed by atoms with van der Waals surface area (Å²) in [5.41, 5.74) is 1.93. The minimum absolute atomic E-state index is 0.000849. The van der Waals surface area contributed by atoms with E-state index in [2.05, 4.69) is 54.5 Å². The molecule has 0 amide bonds. The third-order valence-corrected chi connectivity index (χ3v) is 13.2. The molecular formula is C30H50O3. The SMILES string of the molecule is CC1(C)C2CC[C@]3(C)C([C@H](O)C=C4[C@@H]5C[C@@](C)(CO)CC[C@]5(C)CC[C@]43C)[C@@]2(C)CC[C@@H]1O. The smallest absolute Gasteiger partial charge is 0.0762 e. The van der Waals surface area contributed by atoms with Crippen molar-refractivity contribution in [1.29, 1.82) is 0 Å². The summed E-state index contributed by atoms with van der Waals surface area (Å²) in [6.45, 7) is 17.1. The zero-order valence-corrected chi connectivity index (χ0v) is 22.4. The summed E-state index contributed by atoms with van der Waals surface area (Å²) < 4.78 is 0. The maximum absolute atomic E-state index is 11.9. The van der Waals surface area contributed by atoms with E-state index < -0.39 is 6.10 Å². The Morgan fingerprint density at radius 2 is 1.52 bits per heavy atom. The number of allylic oxidation sites excluding steroid dienone is 1. The average Bonchev–Trinajstić information content (AvgIpc) is 2.74. The molecule has 3 nitrogen and oxygen atoms in total. The standard InChI is InChI=1S/C30H50O3/c1-25(2)22-8-11-30(7)24(28(22,5)10-9-23(25)33)21(32)16-19-20-17-26(3,18-31)12-13-27(20,4)14-15-29(19,30)6/h16,20-24,31-33H,8-15,17-18H2,1-7H3/t20-,21+,22?,23-,24?,26-,27+,28-,29+,30+/m0/s1. The second kappa shape index (κ2) is 7.10. The summed E-state index contributed by atoms with van der Waals surface area (Å²) in [5, 5.41) is 33.0. The molecule has 3 N–H and O–H groups in total. The third-order valence-electron chi connectivity index (χ3n) is 13.2. The highest BCUT2D eigenvalue weighted by molar-refractivity contribution is 5.35. The van der Waals surface area contributed by atoms with E-state index >= 15 is 0 Å². The van der Waals surface area contributed by atoms with Gasteiger partial charge in [-0.15, -0.1) is 0 Å². The van der Waals surface area contributed by atoms with Crippen LogP contribution in [-0.4, -0.2) is 34.1 Å². The molecule has 33 heavy (non-hydrogen) atoms. The number of hydrogen-bond acceptors (Lipinski definition) is 3. The van der Waals surface area contributed by atoms with E-state index in [-0.39, 0.29) is 45.7 Å². The Bertz CT molecular complexity index is 847. The fourth-order valence-electron chi connectivity index (χ4n) is 10.7. The van der Waals surface area contributed by atoms with Crippen molar-refractivity contribution >= 4 is 0 Å². The molecule has 0 bridgehead atoms. The zero-order chi connectivity index (χ0) is 24.2. The lowest BCUT2D eigenvalue weighted by Gasteiger charge is -2.72. The number of fused-ring (bicyclic) bond motifs is 7. The Labute approximate surface area is 202 Å². The minimum Gasteiger partial charge on any atom is -0.396 e. The van der Waals surface area contributed by atoms with Crippen LogP contribution in [0.3, 0.4) is 0 Å². The topological polar surface area (TPSA) is 60.7 Å². The van der Waals surface area contributed by atoms with Crippen LogP contribution in [0.15, 0.2) is 11.6 Å². The molecule has 3 heteroatoms. The van der Waals surface area contributed by atoms with Gasteiger partial charge in [0.1, 0.15) is 0 Å². The zero-order valence-electron chi connectivity index (χ0n) is 22.4. The summed E-state index contributed by atoms with van der Waals surface area (Å²) in [6.07, 6.45) is 11.6. The normalized spacial score (nSPS) is 57.8. The molecule has 4 fully saturated rings. The molecule has 188 valence electrons. The van der Waals surface area contributed by atoms with Gasteiger partial charge < -0.3 is 15.3 Å².